The molecule has 7 nitrogen and oxygen atoms in total. The minimum Gasteiger partial charge on any atom is -0.396 e. The highest BCUT2D eigenvalue weighted by Crippen LogP contribution is 2.36. The van der Waals surface area contributed by atoms with Crippen LogP contribution in [0, 0.1) is 6.92 Å². The zero-order valence-corrected chi connectivity index (χ0v) is 16.2. The summed E-state index contributed by atoms with van der Waals surface area (Å²) in [5.74, 6) is 0.881. The lowest BCUT2D eigenvalue weighted by Gasteiger charge is -2.23. The average molecular weight is 388 g/mol. The molecule has 1 atom stereocenters. The number of nitrogens with two attached hydrogens (primary N) is 1. The number of allylic oxidation sites excluding steroid dienone is 1. The minimum absolute atomic E-state index is 0.0936. The summed E-state index contributed by atoms with van der Waals surface area (Å²) >= 11 is 1.20. The summed E-state index contributed by atoms with van der Waals surface area (Å²) in [7, 11) is 0. The molecule has 2 rings (SSSR count). The van der Waals surface area contributed by atoms with Crippen molar-refractivity contribution in [1.82, 2.24) is 14.9 Å². The van der Waals surface area contributed by atoms with Gasteiger partial charge in [0.2, 0.25) is 6.41 Å². The molecule has 2 aromatic rings. The Morgan fingerprint density at radius 1 is 1.37 bits per heavy atom. The number of amides is 1. The van der Waals surface area contributed by atoms with Gasteiger partial charge in [-0.15, -0.1) is 0 Å². The topological polar surface area (TPSA) is 113 Å². The lowest BCUT2D eigenvalue weighted by Crippen LogP contribution is -2.22. The first-order chi connectivity index (χ1) is 13.0. The highest BCUT2D eigenvalue weighted by atomic mass is 32.2. The number of thioether (sulfide) groups is 1. The van der Waals surface area contributed by atoms with Crippen LogP contribution in [-0.4, -0.2) is 38.1 Å². The first-order valence-corrected chi connectivity index (χ1v) is 9.34. The molecule has 0 saturated heterocycles. The van der Waals surface area contributed by atoms with E-state index in [0.29, 0.717) is 40.6 Å². The van der Waals surface area contributed by atoms with Crippen molar-refractivity contribution in [2.45, 2.75) is 32.2 Å². The van der Waals surface area contributed by atoms with Crippen LogP contribution in [0.1, 0.15) is 35.7 Å². The number of aryl methyl sites for hydroxylation is 1. The number of nitrogen functional groups attached to an aromatic ring is 1. The number of carbonyl (C=O) groups excluding carboxylic acids is 1. The van der Waals surface area contributed by atoms with Crippen LogP contribution in [0.15, 0.2) is 47.1 Å². The van der Waals surface area contributed by atoms with Crippen molar-refractivity contribution < 1.29 is 15.0 Å². The van der Waals surface area contributed by atoms with Gasteiger partial charge in [-0.3, -0.25) is 4.79 Å². The molecule has 0 saturated carbocycles. The molecule has 0 bridgehead atoms. The van der Waals surface area contributed by atoms with Crippen LogP contribution in [0.4, 0.5) is 5.82 Å². The van der Waals surface area contributed by atoms with Crippen LogP contribution in [0.3, 0.4) is 0 Å². The number of benzene rings is 1. The van der Waals surface area contributed by atoms with E-state index >= 15 is 0 Å². The Kier molecular flexibility index (Phi) is 7.78. The molecular formula is C19H24N4O3S. The average Bonchev–Trinajstić information content (AvgIpc) is 2.67. The number of aromatic nitrogens is 2. The molecule has 0 radical (unpaired) electrons. The highest BCUT2D eigenvalue weighted by molar-refractivity contribution is 8.03. The predicted octanol–water partition coefficient (Wildman–Crippen LogP) is 2.36. The largest absolute Gasteiger partial charge is 0.396 e. The summed E-state index contributed by atoms with van der Waals surface area (Å²) in [6.07, 6.45) is 2.62. The number of hydrogen-bond acceptors (Lipinski definition) is 7. The second-order valence-corrected chi connectivity index (χ2v) is 7.10. The van der Waals surface area contributed by atoms with E-state index in [1.807, 2.05) is 30.3 Å². The Balaban J connectivity index is 2.25. The molecule has 1 unspecified atom stereocenters. The highest BCUT2D eigenvalue weighted by Gasteiger charge is 2.17. The molecule has 0 aliphatic rings. The van der Waals surface area contributed by atoms with Gasteiger partial charge in [0.25, 0.3) is 0 Å². The smallest absolute Gasteiger partial charge is 0.214 e. The van der Waals surface area contributed by atoms with Crippen LogP contribution >= 0.6 is 11.8 Å². The Hall–Kier alpha value is -2.42. The maximum atomic E-state index is 11.7. The molecular weight excluding hydrogens is 364 g/mol. The Morgan fingerprint density at radius 2 is 2.07 bits per heavy atom. The van der Waals surface area contributed by atoms with E-state index in [4.69, 9.17) is 5.73 Å². The van der Waals surface area contributed by atoms with Crippen LogP contribution < -0.4 is 5.73 Å². The van der Waals surface area contributed by atoms with Gasteiger partial charge in [0.15, 0.2) is 0 Å². The third-order valence-electron chi connectivity index (χ3n) is 4.00. The Labute approximate surface area is 162 Å². The van der Waals surface area contributed by atoms with Gasteiger partial charge in [-0.1, -0.05) is 42.1 Å². The maximum absolute atomic E-state index is 11.7. The first kappa shape index (κ1) is 20.9. The summed E-state index contributed by atoms with van der Waals surface area (Å²) in [5, 5.41) is 19.9. The van der Waals surface area contributed by atoms with Crippen molar-refractivity contribution in [3.63, 3.8) is 0 Å². The van der Waals surface area contributed by atoms with Crippen LogP contribution in [0.25, 0.3) is 0 Å². The fourth-order valence-electron chi connectivity index (χ4n) is 2.46. The van der Waals surface area contributed by atoms with Crippen molar-refractivity contribution in [1.29, 1.82) is 0 Å². The summed E-state index contributed by atoms with van der Waals surface area (Å²) in [6.45, 7) is 3.63. The molecule has 1 heterocycles. The van der Waals surface area contributed by atoms with Gasteiger partial charge in [0, 0.05) is 35.4 Å². The quantitative estimate of drug-likeness (QED) is 0.446. The van der Waals surface area contributed by atoms with Crippen LogP contribution in [0.2, 0.25) is 0 Å². The molecule has 4 N–H and O–H groups in total. The number of nitrogens with zero attached hydrogens (tertiary/aromatic N) is 3. The normalized spacial score (nSPS) is 13.0. The number of rotatable bonds is 9. The van der Waals surface area contributed by atoms with Gasteiger partial charge >= 0.3 is 0 Å². The molecule has 0 aliphatic carbocycles. The number of aliphatic hydroxyl groups excluding tert-OH is 2. The summed E-state index contributed by atoms with van der Waals surface area (Å²) in [5.41, 5.74) is 7.14. The molecule has 8 heteroatoms. The second kappa shape index (κ2) is 10.1. The first-order valence-electron chi connectivity index (χ1n) is 8.46. The summed E-state index contributed by atoms with van der Waals surface area (Å²) in [6, 6.07) is 9.22. The van der Waals surface area contributed by atoms with Gasteiger partial charge in [0.1, 0.15) is 17.1 Å². The lowest BCUT2D eigenvalue weighted by molar-refractivity contribution is -0.116. The predicted molar refractivity (Wildman–Crippen MR) is 106 cm³/mol. The van der Waals surface area contributed by atoms with E-state index in [0.717, 1.165) is 5.56 Å². The third kappa shape index (κ3) is 5.78. The van der Waals surface area contributed by atoms with Gasteiger partial charge in [-0.2, -0.15) is 0 Å². The number of anilines is 1. The van der Waals surface area contributed by atoms with Crippen molar-refractivity contribution in [2.24, 2.45) is 0 Å². The van der Waals surface area contributed by atoms with E-state index in [2.05, 4.69) is 9.97 Å². The molecule has 1 aromatic carbocycles. The molecule has 0 spiro atoms. The molecule has 27 heavy (non-hydrogen) atoms. The number of hydrogen-bond donors (Lipinski definition) is 3. The molecule has 144 valence electrons. The lowest BCUT2D eigenvalue weighted by atomic mass is 10.2. The Morgan fingerprint density at radius 3 is 2.67 bits per heavy atom. The van der Waals surface area contributed by atoms with E-state index in [-0.39, 0.29) is 13.2 Å². The van der Waals surface area contributed by atoms with E-state index in [1.54, 1.807) is 20.0 Å². The fraction of sp³-hybridized carbons (Fsp3) is 0.316. The van der Waals surface area contributed by atoms with E-state index in [9.17, 15) is 15.0 Å². The summed E-state index contributed by atoms with van der Waals surface area (Å²) < 4.78 is 0. The van der Waals surface area contributed by atoms with Crippen LogP contribution in [0.5, 0.6) is 0 Å². The van der Waals surface area contributed by atoms with E-state index < -0.39 is 5.44 Å². The fourth-order valence-corrected chi connectivity index (χ4v) is 3.52. The number of aliphatic hydroxyl groups is 2. The van der Waals surface area contributed by atoms with Crippen molar-refractivity contribution in [3.8, 4) is 0 Å². The zero-order chi connectivity index (χ0) is 19.8. The monoisotopic (exact) mass is 388 g/mol. The molecule has 1 amide bonds. The molecule has 0 fully saturated rings. The third-order valence-corrected chi connectivity index (χ3v) is 5.28. The van der Waals surface area contributed by atoms with Crippen molar-refractivity contribution in [2.75, 3.05) is 12.3 Å². The standard InChI is InChI=1S/C19H24N4O3S/c1-13(23(12-25)11-16-10-21-14(2)22-18(16)20)17(8-9-24)27-19(26)15-6-4-3-5-7-15/h3-7,10,12,19,24,26H,8-9,11H2,1-2H3,(H2,20,21,22). The molecule has 1 aromatic heterocycles. The van der Waals surface area contributed by atoms with Crippen LogP contribution in [-0.2, 0) is 11.3 Å². The SMILES string of the molecule is CC(=C(CCO)SC(O)c1ccccc1)N(C=O)Cc1cnc(C)nc1N. The van der Waals surface area contributed by atoms with Gasteiger partial charge < -0.3 is 20.8 Å². The minimum atomic E-state index is -0.802. The summed E-state index contributed by atoms with van der Waals surface area (Å²) in [4.78, 5) is 22.1. The molecule has 0 aliphatic heterocycles. The zero-order valence-electron chi connectivity index (χ0n) is 15.4. The van der Waals surface area contributed by atoms with Gasteiger partial charge in [-0.05, 0) is 19.4 Å². The maximum Gasteiger partial charge on any atom is 0.214 e. The number of carbonyl (C=O) groups is 1. The Bertz CT molecular complexity index is 799. The van der Waals surface area contributed by atoms with Gasteiger partial charge in [-0.25, -0.2) is 9.97 Å². The van der Waals surface area contributed by atoms with Gasteiger partial charge in [0.05, 0.1) is 6.54 Å². The second-order valence-electron chi connectivity index (χ2n) is 5.92. The van der Waals surface area contributed by atoms with Crippen molar-refractivity contribution in [3.05, 3.63) is 64.1 Å². The van der Waals surface area contributed by atoms with Crippen molar-refractivity contribution >= 4 is 24.0 Å². The van der Waals surface area contributed by atoms with E-state index in [1.165, 1.54) is 16.7 Å².